The Bertz CT molecular complexity index is 1060. The standard InChI is InChI=1S/2C13H15.C4H8Si.2ClH.Hf/c2*1-3-10-8-9-11(4-2)13-7-5-6-12(10)13;1-2-4-5-3-1;;;/h2*5-9H,3-4H2,1-2H3;1-4H2;2*1H;/q;;;;;+2/p-2. The van der Waals surface area contributed by atoms with Crippen LogP contribution in [-0.2, 0) is 45.7 Å². The van der Waals surface area contributed by atoms with E-state index in [1.165, 1.54) is 25.7 Å². The molecule has 0 N–H and O–H groups in total. The first-order chi connectivity index (χ1) is 15.7. The number of fused-ring (bicyclic) bond motifs is 2. The Balaban J connectivity index is 0.00000162. The quantitative estimate of drug-likeness (QED) is 0.413. The van der Waals surface area contributed by atoms with E-state index in [1.54, 1.807) is 56.6 Å². The minimum Gasteiger partial charge on any atom is -1.00 e. The number of hydrogen-bond donors (Lipinski definition) is 0. The van der Waals surface area contributed by atoms with Gasteiger partial charge in [-0.1, -0.05) is 0 Å². The molecule has 0 amide bonds. The molecule has 1 heterocycles. The molecule has 2 aromatic rings. The van der Waals surface area contributed by atoms with Crippen LogP contribution in [0.1, 0.15) is 92.4 Å². The Kier molecular flexibility index (Phi) is 10.1. The summed E-state index contributed by atoms with van der Waals surface area (Å²) >= 11 is -2.08. The molecule has 3 aliphatic rings. The van der Waals surface area contributed by atoms with E-state index in [4.69, 9.17) is 0 Å². The number of benzene rings is 2. The molecule has 0 spiro atoms. The summed E-state index contributed by atoms with van der Waals surface area (Å²) in [6, 6.07) is 13.0. The molecule has 0 saturated carbocycles. The second kappa shape index (κ2) is 12.2. The summed E-state index contributed by atoms with van der Waals surface area (Å²) in [5.74, 6) is 0. The van der Waals surface area contributed by atoms with Gasteiger partial charge in [-0.3, -0.25) is 0 Å². The zero-order valence-corrected chi connectivity index (χ0v) is 27.3. The molecular weight excluding hydrogens is 638 g/mol. The van der Waals surface area contributed by atoms with E-state index in [-0.39, 0.29) is 30.3 Å². The number of hydrogen-bond acceptors (Lipinski definition) is 0. The van der Waals surface area contributed by atoms with Crippen LogP contribution in [-0.4, -0.2) is 5.49 Å². The number of aryl methyl sites for hydroxylation is 4. The van der Waals surface area contributed by atoms with Gasteiger partial charge in [-0.2, -0.15) is 0 Å². The fraction of sp³-hybridized carbons (Fsp3) is 0.467. The first-order valence-corrected chi connectivity index (χ1v) is 24.5. The molecule has 0 bridgehead atoms. The average molecular weight is 676 g/mol. The van der Waals surface area contributed by atoms with Gasteiger partial charge in [0, 0.05) is 0 Å². The summed E-state index contributed by atoms with van der Waals surface area (Å²) in [4.78, 5) is 0. The first-order valence-electron chi connectivity index (χ1n) is 13.1. The van der Waals surface area contributed by atoms with Crippen molar-refractivity contribution in [3.63, 3.8) is 0 Å². The fourth-order valence-electron chi connectivity index (χ4n) is 6.63. The van der Waals surface area contributed by atoms with Crippen LogP contribution in [0.4, 0.5) is 0 Å². The number of rotatable bonds is 6. The molecule has 2 unspecified atom stereocenters. The largest absolute Gasteiger partial charge is 1.00 e. The third-order valence-corrected chi connectivity index (χ3v) is 38.6. The maximum Gasteiger partial charge on any atom is -1.00 e. The maximum absolute atomic E-state index is 2.72. The van der Waals surface area contributed by atoms with Crippen LogP contribution in [0.5, 0.6) is 0 Å². The molecule has 5 rings (SSSR count). The van der Waals surface area contributed by atoms with Gasteiger partial charge < -0.3 is 24.8 Å². The Labute approximate surface area is 227 Å². The summed E-state index contributed by atoms with van der Waals surface area (Å²) < 4.78 is 1.64. The normalized spacial score (nSPS) is 19.3. The topological polar surface area (TPSA) is 0 Å². The van der Waals surface area contributed by atoms with Crippen LogP contribution in [0, 0.1) is 0 Å². The Morgan fingerprint density at radius 3 is 1.41 bits per heavy atom. The van der Waals surface area contributed by atoms with Crippen molar-refractivity contribution >= 4 is 17.6 Å². The van der Waals surface area contributed by atoms with Gasteiger partial charge in [0.15, 0.2) is 0 Å². The molecule has 0 aromatic heterocycles. The third kappa shape index (κ3) is 4.78. The first kappa shape index (κ1) is 28.2. The van der Waals surface area contributed by atoms with Crippen molar-refractivity contribution in [2.45, 2.75) is 85.7 Å². The van der Waals surface area contributed by atoms with Crippen LogP contribution in [0.25, 0.3) is 12.2 Å². The SMILES string of the molecule is CCc1ccc(CC)c2c1C=C[CH]2[Hf+2]([CH]1C=Cc2c(CC)ccc(CC)c21)=[Si]1CCCC1.[Cl-].[Cl-]. The van der Waals surface area contributed by atoms with Crippen LogP contribution in [0.15, 0.2) is 36.4 Å². The van der Waals surface area contributed by atoms with E-state index in [1.807, 2.05) is 0 Å². The second-order valence-corrected chi connectivity index (χ2v) is 32.1. The summed E-state index contributed by atoms with van der Waals surface area (Å²) in [7, 11) is 0. The van der Waals surface area contributed by atoms with Gasteiger partial charge in [-0.15, -0.1) is 0 Å². The van der Waals surface area contributed by atoms with Crippen molar-refractivity contribution in [1.29, 1.82) is 0 Å². The predicted molar refractivity (Wildman–Crippen MR) is 139 cm³/mol. The summed E-state index contributed by atoms with van der Waals surface area (Å²) in [6.45, 7) is 9.42. The van der Waals surface area contributed by atoms with E-state index < -0.39 is 20.1 Å². The molecule has 180 valence electrons. The van der Waals surface area contributed by atoms with E-state index >= 15 is 0 Å². The minimum atomic E-state index is -2.08. The smallest absolute Gasteiger partial charge is 1.00 e. The number of allylic oxidation sites excluding steroid dienone is 2. The molecule has 4 heteroatoms. The molecule has 0 radical (unpaired) electrons. The maximum atomic E-state index is 2.72. The van der Waals surface area contributed by atoms with E-state index in [2.05, 4.69) is 76.3 Å². The zero-order valence-electron chi connectivity index (χ0n) is 21.2. The average Bonchev–Trinajstić information content (AvgIpc) is 3.59. The second-order valence-electron chi connectivity index (χ2n) is 9.78. The van der Waals surface area contributed by atoms with E-state index in [0.29, 0.717) is 0 Å². The molecule has 1 fully saturated rings. The molecule has 2 atom stereocenters. The molecule has 1 saturated heterocycles. The Morgan fingerprint density at radius 2 is 1.03 bits per heavy atom. The fourth-order valence-corrected chi connectivity index (χ4v) is 41.4. The third-order valence-electron chi connectivity index (χ3n) is 8.28. The molecule has 1 aliphatic heterocycles. The predicted octanol–water partition coefficient (Wildman–Crippen LogP) is 2.18. The molecular formula is C30H38Cl2HfSi. The molecule has 34 heavy (non-hydrogen) atoms. The van der Waals surface area contributed by atoms with Crippen molar-refractivity contribution < 1.29 is 44.9 Å². The Morgan fingerprint density at radius 1 is 0.647 bits per heavy atom. The number of halogens is 2. The summed E-state index contributed by atoms with van der Waals surface area (Å²) in [5, 5.41) is 0. The van der Waals surface area contributed by atoms with Crippen molar-refractivity contribution in [2.24, 2.45) is 0 Å². The van der Waals surface area contributed by atoms with Gasteiger partial charge in [-0.05, 0) is 0 Å². The van der Waals surface area contributed by atoms with E-state index in [9.17, 15) is 0 Å². The van der Waals surface area contributed by atoms with Crippen LogP contribution >= 0.6 is 0 Å². The monoisotopic (exact) mass is 676 g/mol. The van der Waals surface area contributed by atoms with Gasteiger partial charge in [-0.25, -0.2) is 0 Å². The van der Waals surface area contributed by atoms with Gasteiger partial charge in [0.2, 0.25) is 0 Å². The molecule has 2 aliphatic carbocycles. The van der Waals surface area contributed by atoms with Gasteiger partial charge in [0.1, 0.15) is 0 Å². The van der Waals surface area contributed by atoms with Crippen molar-refractivity contribution in [3.8, 4) is 0 Å². The summed E-state index contributed by atoms with van der Waals surface area (Å²) in [5.41, 5.74) is 13.1. The Hall–Kier alpha value is -0.413. The van der Waals surface area contributed by atoms with Gasteiger partial charge in [0.05, 0.1) is 0 Å². The van der Waals surface area contributed by atoms with Crippen molar-refractivity contribution in [2.75, 3.05) is 0 Å². The van der Waals surface area contributed by atoms with Crippen LogP contribution in [0.2, 0.25) is 12.1 Å². The van der Waals surface area contributed by atoms with Crippen LogP contribution in [0.3, 0.4) is 0 Å². The molecule has 0 nitrogen and oxygen atoms in total. The molecule has 2 aromatic carbocycles. The van der Waals surface area contributed by atoms with Gasteiger partial charge >= 0.3 is 204 Å². The summed E-state index contributed by atoms with van der Waals surface area (Å²) in [6.07, 6.45) is 18.3. The van der Waals surface area contributed by atoms with E-state index in [0.717, 1.165) is 20.2 Å². The zero-order chi connectivity index (χ0) is 22.2. The minimum absolute atomic E-state index is 0. The van der Waals surface area contributed by atoms with Crippen LogP contribution < -0.4 is 24.8 Å². The van der Waals surface area contributed by atoms with Crippen molar-refractivity contribution in [3.05, 3.63) is 80.9 Å². The van der Waals surface area contributed by atoms with Gasteiger partial charge in [0.25, 0.3) is 0 Å². The van der Waals surface area contributed by atoms with Crippen molar-refractivity contribution in [1.82, 2.24) is 0 Å².